The number of benzene rings is 2. The third-order valence-corrected chi connectivity index (χ3v) is 3.45. The summed E-state index contributed by atoms with van der Waals surface area (Å²) in [6.07, 6.45) is 0. The van der Waals surface area contributed by atoms with E-state index in [1.165, 1.54) is 12.1 Å². The van der Waals surface area contributed by atoms with Crippen LogP contribution in [0.3, 0.4) is 0 Å². The summed E-state index contributed by atoms with van der Waals surface area (Å²) in [5.74, 6) is -2.96. The summed E-state index contributed by atoms with van der Waals surface area (Å²) >= 11 is 3.25. The topological polar surface area (TPSA) is 35.8 Å². The van der Waals surface area contributed by atoms with Crippen molar-refractivity contribution in [2.24, 2.45) is 0 Å². The number of halogens is 3. The van der Waals surface area contributed by atoms with Crippen molar-refractivity contribution in [1.82, 2.24) is 0 Å². The van der Waals surface area contributed by atoms with Gasteiger partial charge in [-0.2, -0.15) is 14.0 Å². The van der Waals surface area contributed by atoms with E-state index in [0.717, 1.165) is 0 Å². The zero-order chi connectivity index (χ0) is 14.6. The molecule has 1 N–H and O–H groups in total. The van der Waals surface area contributed by atoms with Crippen LogP contribution in [0.2, 0.25) is 0 Å². The summed E-state index contributed by atoms with van der Waals surface area (Å²) in [5, 5.41) is 11.4. The van der Waals surface area contributed by atoms with Crippen LogP contribution < -0.4 is 5.32 Å². The number of hydrogen-bond acceptors (Lipinski definition) is 2. The maximum atomic E-state index is 14.0. The standard InChI is InChI=1S/C15H11BrF2N2/c16-13-8-11(9-19)6-7-14(13)20-10-15(17,18)12-4-2-1-3-5-12/h1-8,20H,10H2. The average Bonchev–Trinajstić information content (AvgIpc) is 2.47. The number of anilines is 1. The van der Waals surface area contributed by atoms with Crippen molar-refractivity contribution in [2.45, 2.75) is 5.92 Å². The smallest absolute Gasteiger partial charge is 0.290 e. The Labute approximate surface area is 124 Å². The third-order valence-electron chi connectivity index (χ3n) is 2.80. The summed E-state index contributed by atoms with van der Waals surface area (Å²) in [6.45, 7) is -0.512. The number of nitrogens with zero attached hydrogens (tertiary/aromatic N) is 1. The van der Waals surface area contributed by atoms with Crippen LogP contribution in [0.25, 0.3) is 0 Å². The molecule has 0 fully saturated rings. The summed E-state index contributed by atoms with van der Waals surface area (Å²) in [6, 6.07) is 14.4. The van der Waals surface area contributed by atoms with Gasteiger partial charge in [-0.05, 0) is 34.1 Å². The molecule has 0 spiro atoms. The number of nitrogens with one attached hydrogen (secondary N) is 1. The lowest BCUT2D eigenvalue weighted by Crippen LogP contribution is -2.24. The van der Waals surface area contributed by atoms with Crippen LogP contribution in [0, 0.1) is 11.3 Å². The van der Waals surface area contributed by atoms with Crippen molar-refractivity contribution < 1.29 is 8.78 Å². The van der Waals surface area contributed by atoms with E-state index in [-0.39, 0.29) is 5.56 Å². The molecule has 0 aliphatic rings. The molecule has 2 aromatic rings. The van der Waals surface area contributed by atoms with E-state index < -0.39 is 12.5 Å². The normalized spacial score (nSPS) is 10.9. The monoisotopic (exact) mass is 336 g/mol. The predicted molar refractivity (Wildman–Crippen MR) is 77.7 cm³/mol. The third kappa shape index (κ3) is 3.34. The van der Waals surface area contributed by atoms with E-state index in [4.69, 9.17) is 5.26 Å². The van der Waals surface area contributed by atoms with Crippen molar-refractivity contribution >= 4 is 21.6 Å². The molecule has 0 radical (unpaired) electrons. The van der Waals surface area contributed by atoms with Gasteiger partial charge in [-0.15, -0.1) is 0 Å². The maximum Gasteiger partial charge on any atom is 0.290 e. The quantitative estimate of drug-likeness (QED) is 0.890. The predicted octanol–water partition coefficient (Wildman–Crippen LogP) is 4.52. The number of nitriles is 1. The lowest BCUT2D eigenvalue weighted by atomic mass is 10.1. The Bertz CT molecular complexity index is 636. The zero-order valence-electron chi connectivity index (χ0n) is 10.4. The summed E-state index contributed by atoms with van der Waals surface area (Å²) in [7, 11) is 0. The average molecular weight is 337 g/mol. The largest absolute Gasteiger partial charge is 0.378 e. The minimum absolute atomic E-state index is 0.0303. The number of rotatable bonds is 4. The minimum Gasteiger partial charge on any atom is -0.378 e. The molecule has 0 heterocycles. The van der Waals surface area contributed by atoms with Crippen molar-refractivity contribution in [3.05, 3.63) is 64.1 Å². The Kier molecular flexibility index (Phi) is 4.35. The summed E-state index contributed by atoms with van der Waals surface area (Å²) in [4.78, 5) is 0. The fourth-order valence-electron chi connectivity index (χ4n) is 1.72. The van der Waals surface area contributed by atoms with Gasteiger partial charge in [0.2, 0.25) is 0 Å². The molecule has 0 aliphatic carbocycles. The first-order valence-corrected chi connectivity index (χ1v) is 6.69. The van der Waals surface area contributed by atoms with E-state index in [1.54, 1.807) is 36.4 Å². The second kappa shape index (κ2) is 6.02. The fraction of sp³-hybridized carbons (Fsp3) is 0.133. The molecular formula is C15H11BrF2N2. The Balaban J connectivity index is 2.11. The second-order valence-corrected chi connectivity index (χ2v) is 5.08. The SMILES string of the molecule is N#Cc1ccc(NCC(F)(F)c2ccccc2)c(Br)c1. The molecule has 2 rings (SSSR count). The molecular weight excluding hydrogens is 326 g/mol. The summed E-state index contributed by atoms with van der Waals surface area (Å²) in [5.41, 5.74) is 0.967. The van der Waals surface area contributed by atoms with Crippen LogP contribution in [-0.2, 0) is 5.92 Å². The van der Waals surface area contributed by atoms with Gasteiger partial charge in [0.1, 0.15) is 0 Å². The van der Waals surface area contributed by atoms with Gasteiger partial charge in [0.15, 0.2) is 0 Å². The van der Waals surface area contributed by atoms with Gasteiger partial charge >= 0.3 is 0 Å². The van der Waals surface area contributed by atoms with Gasteiger partial charge in [0.25, 0.3) is 5.92 Å². The molecule has 2 aromatic carbocycles. The molecule has 2 nitrogen and oxygen atoms in total. The van der Waals surface area contributed by atoms with Crippen LogP contribution in [-0.4, -0.2) is 6.54 Å². The molecule has 0 bridgehead atoms. The Hall–Kier alpha value is -1.93. The molecule has 0 aromatic heterocycles. The molecule has 0 atom stereocenters. The van der Waals surface area contributed by atoms with E-state index in [0.29, 0.717) is 15.7 Å². The number of alkyl halides is 2. The molecule has 5 heteroatoms. The highest BCUT2D eigenvalue weighted by atomic mass is 79.9. The van der Waals surface area contributed by atoms with E-state index >= 15 is 0 Å². The maximum absolute atomic E-state index is 14.0. The van der Waals surface area contributed by atoms with E-state index in [1.807, 2.05) is 6.07 Å². The van der Waals surface area contributed by atoms with Crippen LogP contribution >= 0.6 is 15.9 Å². The molecule has 0 amide bonds. The van der Waals surface area contributed by atoms with Gasteiger partial charge in [0, 0.05) is 15.7 Å². The molecule has 0 saturated heterocycles. The highest BCUT2D eigenvalue weighted by Gasteiger charge is 2.31. The minimum atomic E-state index is -2.96. The highest BCUT2D eigenvalue weighted by molar-refractivity contribution is 9.10. The first-order valence-electron chi connectivity index (χ1n) is 5.90. The van der Waals surface area contributed by atoms with Crippen LogP contribution in [0.4, 0.5) is 14.5 Å². The van der Waals surface area contributed by atoms with E-state index in [2.05, 4.69) is 21.2 Å². The Morgan fingerprint density at radius 2 is 1.85 bits per heavy atom. The first kappa shape index (κ1) is 14.5. The Morgan fingerprint density at radius 1 is 1.15 bits per heavy atom. The fourth-order valence-corrected chi connectivity index (χ4v) is 2.24. The lowest BCUT2D eigenvalue weighted by molar-refractivity contribution is 0.0106. The highest BCUT2D eigenvalue weighted by Crippen LogP contribution is 2.30. The van der Waals surface area contributed by atoms with Crippen LogP contribution in [0.5, 0.6) is 0 Å². The first-order chi connectivity index (χ1) is 9.53. The zero-order valence-corrected chi connectivity index (χ0v) is 12.0. The van der Waals surface area contributed by atoms with Crippen LogP contribution in [0.1, 0.15) is 11.1 Å². The van der Waals surface area contributed by atoms with Crippen molar-refractivity contribution in [3.8, 4) is 6.07 Å². The van der Waals surface area contributed by atoms with Gasteiger partial charge in [-0.3, -0.25) is 0 Å². The second-order valence-electron chi connectivity index (χ2n) is 4.23. The van der Waals surface area contributed by atoms with Crippen molar-refractivity contribution in [1.29, 1.82) is 5.26 Å². The Morgan fingerprint density at radius 3 is 2.45 bits per heavy atom. The molecule has 0 aliphatic heterocycles. The van der Waals surface area contributed by atoms with Crippen LogP contribution in [0.15, 0.2) is 53.0 Å². The lowest BCUT2D eigenvalue weighted by Gasteiger charge is -2.18. The van der Waals surface area contributed by atoms with Gasteiger partial charge in [-0.25, -0.2) is 0 Å². The summed E-state index contributed by atoms with van der Waals surface area (Å²) < 4.78 is 28.6. The van der Waals surface area contributed by atoms with Gasteiger partial charge < -0.3 is 5.32 Å². The van der Waals surface area contributed by atoms with Crippen molar-refractivity contribution in [2.75, 3.05) is 11.9 Å². The van der Waals surface area contributed by atoms with Crippen molar-refractivity contribution in [3.63, 3.8) is 0 Å². The number of hydrogen-bond donors (Lipinski definition) is 1. The van der Waals surface area contributed by atoms with Gasteiger partial charge in [0.05, 0.1) is 18.2 Å². The molecule has 0 saturated carbocycles. The van der Waals surface area contributed by atoms with E-state index in [9.17, 15) is 8.78 Å². The molecule has 102 valence electrons. The van der Waals surface area contributed by atoms with Gasteiger partial charge in [-0.1, -0.05) is 30.3 Å². The molecule has 0 unspecified atom stereocenters. The molecule has 20 heavy (non-hydrogen) atoms.